The number of fused-ring (bicyclic) bond motifs is 1. The van der Waals surface area contributed by atoms with Gasteiger partial charge in [0.25, 0.3) is 0 Å². The first-order valence-electron chi connectivity index (χ1n) is 4.38. The fourth-order valence-electron chi connectivity index (χ4n) is 1.29. The van der Waals surface area contributed by atoms with Gasteiger partial charge in [-0.05, 0) is 34.5 Å². The van der Waals surface area contributed by atoms with Gasteiger partial charge in [0.1, 0.15) is 5.75 Å². The lowest BCUT2D eigenvalue weighted by Gasteiger charge is -2.00. The average Bonchev–Trinajstić information content (AvgIpc) is 2.29. The molecule has 0 fully saturated rings. The smallest absolute Gasteiger partial charge is 0.208 e. The molecule has 0 radical (unpaired) electrons. The van der Waals surface area contributed by atoms with E-state index in [9.17, 15) is 0 Å². The molecule has 0 spiro atoms. The highest BCUT2D eigenvalue weighted by Crippen LogP contribution is 2.19. The second-order valence-electron chi connectivity index (χ2n) is 2.80. The maximum absolute atomic E-state index is 8.57. The summed E-state index contributed by atoms with van der Waals surface area (Å²) < 4.78 is 5.12. The van der Waals surface area contributed by atoms with Crippen LogP contribution in [0, 0.1) is 0 Å². The van der Waals surface area contributed by atoms with Gasteiger partial charge in [-0.3, -0.25) is 4.79 Å². The number of ether oxygens (including phenoxy) is 1. The molecule has 0 bridgehead atoms. The molecule has 2 nitrogen and oxygen atoms in total. The summed E-state index contributed by atoms with van der Waals surface area (Å²) in [6.45, 7) is 0. The Hall–Kier alpha value is -1.54. The molecular weight excluding hydrogens is 212 g/mol. The van der Waals surface area contributed by atoms with E-state index in [1.165, 1.54) is 10.8 Å². The van der Waals surface area contributed by atoms with Crippen molar-refractivity contribution in [2.24, 2.45) is 0 Å². The van der Waals surface area contributed by atoms with Gasteiger partial charge >= 0.3 is 0 Å². The van der Waals surface area contributed by atoms with Gasteiger partial charge in [-0.15, -0.1) is 0 Å². The molecule has 0 aliphatic heterocycles. The van der Waals surface area contributed by atoms with E-state index in [-0.39, 0.29) is 5.75 Å². The van der Waals surface area contributed by atoms with Crippen molar-refractivity contribution in [3.8, 4) is 5.75 Å². The van der Waals surface area contributed by atoms with Crippen LogP contribution in [0.5, 0.6) is 5.75 Å². The van der Waals surface area contributed by atoms with Crippen LogP contribution >= 0.6 is 11.6 Å². The molecule has 0 saturated carbocycles. The van der Waals surface area contributed by atoms with Crippen molar-refractivity contribution in [2.75, 3.05) is 7.11 Å². The third-order valence-electron chi connectivity index (χ3n) is 1.96. The first-order valence-corrected chi connectivity index (χ1v) is 4.82. The summed E-state index contributed by atoms with van der Waals surface area (Å²) in [4.78, 5) is 8.57. The Morgan fingerprint density at radius 2 is 1.73 bits per heavy atom. The number of hydrogen-bond acceptors (Lipinski definition) is 2. The Morgan fingerprint density at radius 1 is 1.13 bits per heavy atom. The Balaban J connectivity index is 0.000000337. The Labute approximate surface area is 93.4 Å². The van der Waals surface area contributed by atoms with E-state index < -0.39 is 0 Å². The van der Waals surface area contributed by atoms with Crippen molar-refractivity contribution in [3.05, 3.63) is 42.5 Å². The lowest BCUT2D eigenvalue weighted by molar-refractivity contribution is 0.415. The zero-order chi connectivity index (χ0) is 11.1. The van der Waals surface area contributed by atoms with Crippen LogP contribution in [0.25, 0.3) is 10.8 Å². The van der Waals surface area contributed by atoms with Gasteiger partial charge < -0.3 is 4.74 Å². The second-order valence-corrected chi connectivity index (χ2v) is 2.98. The van der Waals surface area contributed by atoms with Crippen LogP contribution in [-0.2, 0) is 4.79 Å². The minimum atomic E-state index is 0.222. The summed E-state index contributed by atoms with van der Waals surface area (Å²) in [6.07, 6.45) is 0. The SMILES string of the molecule is COc1ccc2ccccc2c1.O=CCl. The fraction of sp³-hybridized carbons (Fsp3) is 0.0833. The van der Waals surface area contributed by atoms with Crippen LogP contribution in [0.1, 0.15) is 0 Å². The van der Waals surface area contributed by atoms with E-state index in [0.29, 0.717) is 0 Å². The highest BCUT2D eigenvalue weighted by molar-refractivity contribution is 6.54. The molecule has 0 saturated heterocycles. The number of halogens is 1. The lowest BCUT2D eigenvalue weighted by atomic mass is 10.1. The van der Waals surface area contributed by atoms with Crippen LogP contribution in [0.4, 0.5) is 0 Å². The van der Waals surface area contributed by atoms with Crippen molar-refractivity contribution in [1.29, 1.82) is 0 Å². The molecule has 78 valence electrons. The number of methoxy groups -OCH3 is 1. The van der Waals surface area contributed by atoms with E-state index in [2.05, 4.69) is 29.8 Å². The Bertz CT molecular complexity index is 440. The summed E-state index contributed by atoms with van der Waals surface area (Å²) in [7, 11) is 1.68. The monoisotopic (exact) mass is 222 g/mol. The van der Waals surface area contributed by atoms with E-state index in [1.807, 2.05) is 24.3 Å². The molecule has 0 aliphatic rings. The van der Waals surface area contributed by atoms with Crippen molar-refractivity contribution in [1.82, 2.24) is 0 Å². The predicted octanol–water partition coefficient (Wildman–Crippen LogP) is 3.26. The summed E-state index contributed by atoms with van der Waals surface area (Å²) in [5.41, 5.74) is 0. The number of benzene rings is 2. The summed E-state index contributed by atoms with van der Waals surface area (Å²) in [5, 5.41) is 2.47. The zero-order valence-corrected chi connectivity index (χ0v) is 9.07. The molecule has 2 rings (SSSR count). The van der Waals surface area contributed by atoms with Crippen LogP contribution < -0.4 is 4.74 Å². The second kappa shape index (κ2) is 6.04. The quantitative estimate of drug-likeness (QED) is 0.547. The lowest BCUT2D eigenvalue weighted by Crippen LogP contribution is -1.81. The Morgan fingerprint density at radius 3 is 2.33 bits per heavy atom. The van der Waals surface area contributed by atoms with Gasteiger partial charge in [-0.25, -0.2) is 0 Å². The van der Waals surface area contributed by atoms with Crippen molar-refractivity contribution >= 4 is 28.1 Å². The summed E-state index contributed by atoms with van der Waals surface area (Å²) in [5.74, 6) is 1.13. The average molecular weight is 223 g/mol. The maximum Gasteiger partial charge on any atom is 0.208 e. The predicted molar refractivity (Wildman–Crippen MR) is 63.1 cm³/mol. The van der Waals surface area contributed by atoms with Gasteiger partial charge in [-0.2, -0.15) is 0 Å². The molecular formula is C12H11ClO2. The number of rotatable bonds is 1. The summed E-state index contributed by atoms with van der Waals surface area (Å²) in [6, 6.07) is 14.3. The van der Waals surface area contributed by atoms with Crippen molar-refractivity contribution in [3.63, 3.8) is 0 Å². The van der Waals surface area contributed by atoms with Crippen molar-refractivity contribution in [2.45, 2.75) is 0 Å². The van der Waals surface area contributed by atoms with E-state index in [1.54, 1.807) is 7.11 Å². The van der Waals surface area contributed by atoms with Gasteiger partial charge in [0.2, 0.25) is 5.75 Å². The van der Waals surface area contributed by atoms with E-state index in [0.717, 1.165) is 5.75 Å². The van der Waals surface area contributed by atoms with Gasteiger partial charge in [0.15, 0.2) is 0 Å². The van der Waals surface area contributed by atoms with Gasteiger partial charge in [0, 0.05) is 0 Å². The maximum atomic E-state index is 8.57. The largest absolute Gasteiger partial charge is 0.497 e. The number of carbonyl (C=O) groups excluding carboxylic acids is 1. The highest BCUT2D eigenvalue weighted by Gasteiger charge is 1.93. The van der Waals surface area contributed by atoms with Gasteiger partial charge in [-0.1, -0.05) is 30.3 Å². The molecule has 2 aromatic rings. The molecule has 0 aliphatic carbocycles. The normalized spacial score (nSPS) is 8.93. The molecule has 15 heavy (non-hydrogen) atoms. The van der Waals surface area contributed by atoms with Crippen LogP contribution in [0.3, 0.4) is 0 Å². The third kappa shape index (κ3) is 3.26. The molecule has 0 atom stereocenters. The van der Waals surface area contributed by atoms with Crippen LogP contribution in [0.2, 0.25) is 0 Å². The molecule has 0 heterocycles. The third-order valence-corrected chi connectivity index (χ3v) is 1.96. The first kappa shape index (κ1) is 11.5. The molecule has 3 heteroatoms. The van der Waals surface area contributed by atoms with E-state index in [4.69, 9.17) is 9.53 Å². The molecule has 0 amide bonds. The first-order chi connectivity index (χ1) is 7.31. The van der Waals surface area contributed by atoms with Gasteiger partial charge in [0.05, 0.1) is 7.11 Å². The minimum Gasteiger partial charge on any atom is -0.497 e. The number of hydrogen-bond donors (Lipinski definition) is 0. The highest BCUT2D eigenvalue weighted by atomic mass is 35.5. The topological polar surface area (TPSA) is 26.3 Å². The van der Waals surface area contributed by atoms with Crippen molar-refractivity contribution < 1.29 is 9.53 Å². The fourth-order valence-corrected chi connectivity index (χ4v) is 1.29. The number of carbonyl (C=O) groups is 1. The van der Waals surface area contributed by atoms with E-state index >= 15 is 0 Å². The zero-order valence-electron chi connectivity index (χ0n) is 8.31. The minimum absolute atomic E-state index is 0.222. The molecule has 2 aromatic carbocycles. The van der Waals surface area contributed by atoms with Crippen LogP contribution in [-0.4, -0.2) is 12.9 Å². The Kier molecular flexibility index (Phi) is 4.64. The summed E-state index contributed by atoms with van der Waals surface area (Å²) >= 11 is 4.32. The molecule has 0 N–H and O–H groups in total. The van der Waals surface area contributed by atoms with Crippen LogP contribution in [0.15, 0.2) is 42.5 Å². The standard InChI is InChI=1S/C11H10O.CHClO/c1-12-11-7-6-9-4-2-3-5-10(9)8-11;2-1-3/h2-8H,1H3;1H. The molecule has 0 aromatic heterocycles. The molecule has 0 unspecified atom stereocenters.